The minimum absolute atomic E-state index is 0.0387. The molecule has 0 aromatic rings. The van der Waals surface area contributed by atoms with Crippen molar-refractivity contribution < 1.29 is 14.7 Å². The summed E-state index contributed by atoms with van der Waals surface area (Å²) in [6.07, 6.45) is 1.81. The second kappa shape index (κ2) is 2.74. The van der Waals surface area contributed by atoms with Crippen LogP contribution in [0, 0.1) is 0 Å². The first-order valence-corrected chi connectivity index (χ1v) is 4.71. The number of carbonyl (C=O) groups is 2. The van der Waals surface area contributed by atoms with Gasteiger partial charge in [-0.2, -0.15) is 0 Å². The minimum Gasteiger partial charge on any atom is -0.478 e. The molecule has 1 saturated heterocycles. The van der Waals surface area contributed by atoms with Crippen molar-refractivity contribution in [3.05, 3.63) is 11.8 Å². The summed E-state index contributed by atoms with van der Waals surface area (Å²) in [5.74, 6) is -1.10. The van der Waals surface area contributed by atoms with E-state index in [4.69, 9.17) is 10.8 Å². The molecule has 13 heavy (non-hydrogen) atoms. The van der Waals surface area contributed by atoms with E-state index in [-0.39, 0.29) is 16.9 Å². The lowest BCUT2D eigenvalue weighted by Crippen LogP contribution is -2.52. The number of nitrogens with zero attached hydrogens (tertiary/aromatic N) is 1. The Morgan fingerprint density at radius 3 is 3.00 bits per heavy atom. The van der Waals surface area contributed by atoms with Crippen molar-refractivity contribution in [1.29, 1.82) is 0 Å². The van der Waals surface area contributed by atoms with Crippen LogP contribution in [0.3, 0.4) is 0 Å². The van der Waals surface area contributed by atoms with Gasteiger partial charge in [0.05, 0.1) is 22.7 Å². The van der Waals surface area contributed by atoms with E-state index in [1.54, 1.807) is 0 Å². The van der Waals surface area contributed by atoms with Crippen LogP contribution in [0.2, 0.25) is 0 Å². The lowest BCUT2D eigenvalue weighted by atomic mass is 10.2. The minimum atomic E-state index is -1.06. The van der Waals surface area contributed by atoms with Crippen LogP contribution in [0.25, 0.3) is 0 Å². The summed E-state index contributed by atoms with van der Waals surface area (Å²) in [5.41, 5.74) is 5.68. The quantitative estimate of drug-likeness (QED) is 0.560. The first-order chi connectivity index (χ1) is 6.09. The first kappa shape index (κ1) is 8.58. The molecule has 0 bridgehead atoms. The standard InChI is InChI=1S/C7H8N2O3S/c8-6-3(7(11)12)2-9-4(10)1-5(9)13-6/h2,5-6H,1,8H2,(H,11,12)/t5-,6?/m1/s1. The first-order valence-electron chi connectivity index (χ1n) is 3.77. The number of carboxylic acid groups (broad SMARTS) is 1. The Morgan fingerprint density at radius 2 is 2.46 bits per heavy atom. The SMILES string of the molecule is NC1S[C@@H]2CC(=O)N2C=C1C(=O)O. The summed E-state index contributed by atoms with van der Waals surface area (Å²) in [6, 6.07) is 0. The summed E-state index contributed by atoms with van der Waals surface area (Å²) in [5, 5.41) is 8.25. The molecule has 1 unspecified atom stereocenters. The number of carbonyl (C=O) groups excluding carboxylic acids is 1. The highest BCUT2D eigenvalue weighted by molar-refractivity contribution is 8.00. The molecule has 5 nitrogen and oxygen atoms in total. The van der Waals surface area contributed by atoms with Crippen LogP contribution in [-0.2, 0) is 9.59 Å². The number of hydrogen-bond donors (Lipinski definition) is 2. The second-order valence-electron chi connectivity index (χ2n) is 2.91. The van der Waals surface area contributed by atoms with E-state index >= 15 is 0 Å². The van der Waals surface area contributed by atoms with Crippen LogP contribution in [0.15, 0.2) is 11.8 Å². The second-order valence-corrected chi connectivity index (χ2v) is 4.23. The van der Waals surface area contributed by atoms with Gasteiger partial charge in [-0.1, -0.05) is 0 Å². The zero-order valence-corrected chi connectivity index (χ0v) is 7.45. The molecule has 2 aliphatic rings. The average Bonchev–Trinajstić information content (AvgIpc) is 2.02. The van der Waals surface area contributed by atoms with Crippen LogP contribution in [0.4, 0.5) is 0 Å². The molecular formula is C7H8N2O3S. The average molecular weight is 200 g/mol. The van der Waals surface area contributed by atoms with Crippen molar-refractivity contribution >= 4 is 23.6 Å². The molecule has 2 heterocycles. The van der Waals surface area contributed by atoms with Crippen LogP contribution in [-0.4, -0.2) is 32.6 Å². The fraction of sp³-hybridized carbons (Fsp3) is 0.429. The van der Waals surface area contributed by atoms with E-state index in [1.165, 1.54) is 22.9 Å². The molecule has 1 fully saturated rings. The van der Waals surface area contributed by atoms with Gasteiger partial charge in [-0.15, -0.1) is 11.8 Å². The van der Waals surface area contributed by atoms with Gasteiger partial charge in [0.2, 0.25) is 5.91 Å². The number of hydrogen-bond acceptors (Lipinski definition) is 4. The fourth-order valence-electron chi connectivity index (χ4n) is 1.31. The lowest BCUT2D eigenvalue weighted by molar-refractivity contribution is -0.138. The maximum atomic E-state index is 11.0. The van der Waals surface area contributed by atoms with E-state index in [9.17, 15) is 9.59 Å². The third-order valence-corrected chi connectivity index (χ3v) is 3.34. The predicted molar refractivity (Wildman–Crippen MR) is 46.5 cm³/mol. The van der Waals surface area contributed by atoms with E-state index in [0.717, 1.165) is 0 Å². The Hall–Kier alpha value is -1.01. The van der Waals surface area contributed by atoms with Gasteiger partial charge in [0.25, 0.3) is 0 Å². The van der Waals surface area contributed by atoms with Gasteiger partial charge in [-0.05, 0) is 0 Å². The van der Waals surface area contributed by atoms with Crippen LogP contribution >= 0.6 is 11.8 Å². The van der Waals surface area contributed by atoms with Gasteiger partial charge >= 0.3 is 5.97 Å². The molecule has 0 aromatic heterocycles. The summed E-state index contributed by atoms with van der Waals surface area (Å²) in [4.78, 5) is 23.1. The number of carboxylic acids is 1. The monoisotopic (exact) mass is 200 g/mol. The highest BCUT2D eigenvalue weighted by atomic mass is 32.2. The molecule has 0 aliphatic carbocycles. The van der Waals surface area contributed by atoms with E-state index in [2.05, 4.69) is 0 Å². The Kier molecular flexibility index (Phi) is 1.81. The molecule has 0 spiro atoms. The zero-order valence-electron chi connectivity index (χ0n) is 6.64. The highest BCUT2D eigenvalue weighted by Gasteiger charge is 2.42. The van der Waals surface area contributed by atoms with Crippen molar-refractivity contribution in [3.8, 4) is 0 Å². The Bertz CT molecular complexity index is 315. The maximum Gasteiger partial charge on any atom is 0.335 e. The van der Waals surface area contributed by atoms with Gasteiger partial charge in [0.15, 0.2) is 0 Å². The molecular weight excluding hydrogens is 192 g/mol. The topological polar surface area (TPSA) is 83.6 Å². The summed E-state index contributed by atoms with van der Waals surface area (Å²) >= 11 is 1.31. The fourth-order valence-corrected chi connectivity index (χ4v) is 2.51. The molecule has 1 amide bonds. The van der Waals surface area contributed by atoms with Gasteiger partial charge in [0.1, 0.15) is 0 Å². The summed E-state index contributed by atoms with van der Waals surface area (Å²) in [7, 11) is 0. The number of β-lactam (4-membered cyclic amide) rings is 1. The van der Waals surface area contributed by atoms with E-state index in [1.807, 2.05) is 0 Å². The van der Waals surface area contributed by atoms with E-state index < -0.39 is 11.3 Å². The molecule has 2 rings (SSSR count). The number of thioether (sulfide) groups is 1. The molecule has 0 aromatic carbocycles. The third-order valence-electron chi connectivity index (χ3n) is 2.08. The number of fused-ring (bicyclic) bond motifs is 1. The Morgan fingerprint density at radius 1 is 1.77 bits per heavy atom. The van der Waals surface area contributed by atoms with Gasteiger partial charge in [0, 0.05) is 6.20 Å². The van der Waals surface area contributed by atoms with Gasteiger partial charge in [-0.3, -0.25) is 4.79 Å². The molecule has 70 valence electrons. The van der Waals surface area contributed by atoms with Gasteiger partial charge < -0.3 is 15.7 Å². The molecule has 3 N–H and O–H groups in total. The number of amides is 1. The van der Waals surface area contributed by atoms with Crippen LogP contribution in [0.1, 0.15) is 6.42 Å². The van der Waals surface area contributed by atoms with Gasteiger partial charge in [-0.25, -0.2) is 4.79 Å². The molecule has 0 radical (unpaired) electrons. The summed E-state index contributed by atoms with van der Waals surface area (Å²) in [6.45, 7) is 0. The normalized spacial score (nSPS) is 31.9. The number of nitrogens with two attached hydrogens (primary N) is 1. The third kappa shape index (κ3) is 1.22. The van der Waals surface area contributed by atoms with Crippen molar-refractivity contribution in [3.63, 3.8) is 0 Å². The van der Waals surface area contributed by atoms with Crippen molar-refractivity contribution in [2.24, 2.45) is 5.73 Å². The van der Waals surface area contributed by atoms with Crippen LogP contribution < -0.4 is 5.73 Å². The molecule has 2 aliphatic heterocycles. The zero-order chi connectivity index (χ0) is 9.59. The van der Waals surface area contributed by atoms with Crippen molar-refractivity contribution in [2.75, 3.05) is 0 Å². The largest absolute Gasteiger partial charge is 0.478 e. The lowest BCUT2D eigenvalue weighted by Gasteiger charge is -2.42. The molecule has 0 saturated carbocycles. The number of rotatable bonds is 1. The van der Waals surface area contributed by atoms with Crippen molar-refractivity contribution in [2.45, 2.75) is 17.2 Å². The highest BCUT2D eigenvalue weighted by Crippen LogP contribution is 2.37. The van der Waals surface area contributed by atoms with E-state index in [0.29, 0.717) is 6.42 Å². The Labute approximate surface area is 78.6 Å². The predicted octanol–water partition coefficient (Wildman–Crippen LogP) is -0.455. The molecule has 6 heteroatoms. The summed E-state index contributed by atoms with van der Waals surface area (Å²) < 4.78 is 0. The maximum absolute atomic E-state index is 11.0. The number of aliphatic carboxylic acids is 1. The van der Waals surface area contributed by atoms with Crippen LogP contribution in [0.5, 0.6) is 0 Å². The van der Waals surface area contributed by atoms with Crippen molar-refractivity contribution in [1.82, 2.24) is 4.90 Å². The molecule has 2 atom stereocenters. The smallest absolute Gasteiger partial charge is 0.335 e. The Balaban J connectivity index is 2.26.